The third kappa shape index (κ3) is 6.51. The average molecular weight is 318 g/mol. The van der Waals surface area contributed by atoms with Crippen LogP contribution in [0.25, 0.3) is 0 Å². The number of alkyl halides is 3. The van der Waals surface area contributed by atoms with Crippen LogP contribution in [0.2, 0.25) is 10.0 Å². The van der Waals surface area contributed by atoms with E-state index in [1.165, 1.54) is 18.2 Å². The molecule has 0 aliphatic heterocycles. The SMILES string of the molecule is O=C(COc1ccc(Cl)c(Cl)c1)NOCC(F)(F)F. The zero-order valence-electron chi connectivity index (χ0n) is 9.26. The van der Waals surface area contributed by atoms with Gasteiger partial charge in [0.05, 0.1) is 10.0 Å². The van der Waals surface area contributed by atoms with Gasteiger partial charge in [0, 0.05) is 6.07 Å². The monoisotopic (exact) mass is 317 g/mol. The van der Waals surface area contributed by atoms with Crippen LogP contribution in [0.1, 0.15) is 0 Å². The second-order valence-electron chi connectivity index (χ2n) is 3.29. The van der Waals surface area contributed by atoms with E-state index >= 15 is 0 Å². The van der Waals surface area contributed by atoms with Crippen molar-refractivity contribution >= 4 is 29.1 Å². The molecule has 9 heteroatoms. The largest absolute Gasteiger partial charge is 0.484 e. The predicted molar refractivity (Wildman–Crippen MR) is 62.1 cm³/mol. The van der Waals surface area contributed by atoms with Crippen molar-refractivity contribution in [2.24, 2.45) is 0 Å². The first-order valence-electron chi connectivity index (χ1n) is 4.83. The molecular weight excluding hydrogens is 310 g/mol. The molecular formula is C10H8Cl2F3NO3. The van der Waals surface area contributed by atoms with Crippen LogP contribution in [-0.2, 0) is 9.63 Å². The molecule has 0 heterocycles. The average Bonchev–Trinajstić information content (AvgIpc) is 2.29. The van der Waals surface area contributed by atoms with Gasteiger partial charge in [-0.2, -0.15) is 13.2 Å². The second-order valence-corrected chi connectivity index (χ2v) is 4.11. The van der Waals surface area contributed by atoms with Gasteiger partial charge in [0.1, 0.15) is 5.75 Å². The summed E-state index contributed by atoms with van der Waals surface area (Å²) in [4.78, 5) is 15.0. The number of ether oxygens (including phenoxy) is 1. The van der Waals surface area contributed by atoms with E-state index in [0.29, 0.717) is 5.02 Å². The Hall–Kier alpha value is -1.18. The first-order valence-corrected chi connectivity index (χ1v) is 5.59. The quantitative estimate of drug-likeness (QED) is 0.849. The highest BCUT2D eigenvalue weighted by atomic mass is 35.5. The fraction of sp³-hybridized carbons (Fsp3) is 0.300. The zero-order chi connectivity index (χ0) is 14.5. The summed E-state index contributed by atoms with van der Waals surface area (Å²) in [5.41, 5.74) is 1.59. The molecule has 1 aromatic carbocycles. The Bertz CT molecular complexity index is 454. The highest BCUT2D eigenvalue weighted by Gasteiger charge is 2.28. The van der Waals surface area contributed by atoms with E-state index in [9.17, 15) is 18.0 Å². The van der Waals surface area contributed by atoms with E-state index in [4.69, 9.17) is 27.9 Å². The van der Waals surface area contributed by atoms with Gasteiger partial charge in [-0.25, -0.2) is 5.48 Å². The van der Waals surface area contributed by atoms with Gasteiger partial charge in [0.15, 0.2) is 13.2 Å². The molecule has 0 atom stereocenters. The van der Waals surface area contributed by atoms with Gasteiger partial charge >= 0.3 is 6.18 Å². The van der Waals surface area contributed by atoms with E-state index in [-0.39, 0.29) is 10.8 Å². The summed E-state index contributed by atoms with van der Waals surface area (Å²) in [6.45, 7) is -2.10. The van der Waals surface area contributed by atoms with Crippen LogP contribution >= 0.6 is 23.2 Å². The minimum Gasteiger partial charge on any atom is -0.484 e. The van der Waals surface area contributed by atoms with Crippen LogP contribution < -0.4 is 10.2 Å². The molecule has 0 bridgehead atoms. The number of nitrogens with one attached hydrogen (secondary N) is 1. The number of rotatable bonds is 5. The molecule has 0 radical (unpaired) electrons. The van der Waals surface area contributed by atoms with E-state index in [0.717, 1.165) is 0 Å². The summed E-state index contributed by atoms with van der Waals surface area (Å²) >= 11 is 11.4. The Morgan fingerprint density at radius 1 is 1.26 bits per heavy atom. The minimum atomic E-state index is -4.52. The van der Waals surface area contributed by atoms with Gasteiger partial charge in [0.2, 0.25) is 0 Å². The van der Waals surface area contributed by atoms with Crippen LogP contribution in [0.4, 0.5) is 13.2 Å². The van der Waals surface area contributed by atoms with Crippen LogP contribution in [-0.4, -0.2) is 25.3 Å². The normalized spacial score (nSPS) is 11.2. The Balaban J connectivity index is 2.32. The maximum absolute atomic E-state index is 11.7. The van der Waals surface area contributed by atoms with Crippen molar-refractivity contribution in [2.45, 2.75) is 6.18 Å². The fourth-order valence-corrected chi connectivity index (χ4v) is 1.23. The van der Waals surface area contributed by atoms with Crippen LogP contribution in [0, 0.1) is 0 Å². The van der Waals surface area contributed by atoms with Crippen LogP contribution in [0.15, 0.2) is 18.2 Å². The number of hydroxylamine groups is 1. The Morgan fingerprint density at radius 3 is 2.53 bits per heavy atom. The smallest absolute Gasteiger partial charge is 0.414 e. The number of carbonyl (C=O) groups is 1. The first-order chi connectivity index (χ1) is 8.78. The summed E-state index contributed by atoms with van der Waals surface area (Å²) in [7, 11) is 0. The molecule has 0 saturated carbocycles. The molecule has 1 aromatic rings. The van der Waals surface area contributed by atoms with Crippen LogP contribution in [0.3, 0.4) is 0 Å². The zero-order valence-corrected chi connectivity index (χ0v) is 10.8. The van der Waals surface area contributed by atoms with Crippen LogP contribution in [0.5, 0.6) is 5.75 Å². The van der Waals surface area contributed by atoms with Crippen molar-refractivity contribution in [1.82, 2.24) is 5.48 Å². The molecule has 0 aromatic heterocycles. The van der Waals surface area contributed by atoms with Gasteiger partial charge in [-0.15, -0.1) is 0 Å². The minimum absolute atomic E-state index is 0.230. The van der Waals surface area contributed by atoms with Crippen molar-refractivity contribution in [1.29, 1.82) is 0 Å². The number of hydrogen-bond donors (Lipinski definition) is 1. The maximum Gasteiger partial charge on any atom is 0.414 e. The lowest BCUT2D eigenvalue weighted by Crippen LogP contribution is -2.32. The van der Waals surface area contributed by atoms with Gasteiger partial charge < -0.3 is 4.74 Å². The molecule has 19 heavy (non-hydrogen) atoms. The Morgan fingerprint density at radius 2 is 1.95 bits per heavy atom. The van der Waals surface area contributed by atoms with Crippen molar-refractivity contribution in [3.8, 4) is 5.75 Å². The van der Waals surface area contributed by atoms with E-state index in [2.05, 4.69) is 4.84 Å². The second kappa shape index (κ2) is 6.83. The Kier molecular flexibility index (Phi) is 5.71. The summed E-state index contributed by atoms with van der Waals surface area (Å²) in [5, 5.41) is 0.542. The van der Waals surface area contributed by atoms with Gasteiger partial charge in [-0.1, -0.05) is 23.2 Å². The summed E-state index contributed by atoms with van der Waals surface area (Å²) in [6.07, 6.45) is -4.52. The standard InChI is InChI=1S/C10H8Cl2F3NO3/c11-7-2-1-6(3-8(7)12)18-4-9(17)16-19-5-10(13,14)15/h1-3H,4-5H2,(H,16,17). The molecule has 0 unspecified atom stereocenters. The number of benzene rings is 1. The molecule has 1 amide bonds. The number of amides is 1. The van der Waals surface area contributed by atoms with Crippen molar-refractivity contribution in [3.05, 3.63) is 28.2 Å². The van der Waals surface area contributed by atoms with E-state index in [1.807, 2.05) is 0 Å². The fourth-order valence-electron chi connectivity index (χ4n) is 0.943. The molecule has 4 nitrogen and oxygen atoms in total. The summed E-state index contributed by atoms with van der Waals surface area (Å²) < 4.78 is 40.1. The van der Waals surface area contributed by atoms with Gasteiger partial charge in [-0.3, -0.25) is 9.63 Å². The third-order valence-electron chi connectivity index (χ3n) is 1.68. The molecule has 0 fully saturated rings. The van der Waals surface area contributed by atoms with Crippen molar-refractivity contribution in [3.63, 3.8) is 0 Å². The first kappa shape index (κ1) is 15.9. The number of carbonyl (C=O) groups excluding carboxylic acids is 1. The number of hydrogen-bond acceptors (Lipinski definition) is 3. The molecule has 0 aliphatic rings. The topological polar surface area (TPSA) is 47.6 Å². The maximum atomic E-state index is 11.7. The molecule has 0 saturated heterocycles. The number of halogens is 5. The lowest BCUT2D eigenvalue weighted by molar-refractivity contribution is -0.192. The van der Waals surface area contributed by atoms with Crippen molar-refractivity contribution in [2.75, 3.05) is 13.2 Å². The van der Waals surface area contributed by atoms with Crippen molar-refractivity contribution < 1.29 is 27.5 Å². The lowest BCUT2D eigenvalue weighted by atomic mass is 10.3. The highest BCUT2D eigenvalue weighted by Crippen LogP contribution is 2.26. The third-order valence-corrected chi connectivity index (χ3v) is 2.42. The summed E-state index contributed by atoms with van der Waals surface area (Å²) in [6, 6.07) is 4.28. The van der Waals surface area contributed by atoms with E-state index in [1.54, 1.807) is 5.48 Å². The lowest BCUT2D eigenvalue weighted by Gasteiger charge is -2.09. The molecule has 0 spiro atoms. The molecule has 1 N–H and O–H groups in total. The van der Waals surface area contributed by atoms with E-state index < -0.39 is 25.3 Å². The van der Waals surface area contributed by atoms with Gasteiger partial charge in [0.25, 0.3) is 5.91 Å². The molecule has 0 aliphatic carbocycles. The molecule has 1 rings (SSSR count). The van der Waals surface area contributed by atoms with Gasteiger partial charge in [-0.05, 0) is 12.1 Å². The highest BCUT2D eigenvalue weighted by molar-refractivity contribution is 6.42. The predicted octanol–water partition coefficient (Wildman–Crippen LogP) is 2.98. The molecule has 106 valence electrons. The Labute approximate surface area is 116 Å². The summed E-state index contributed by atoms with van der Waals surface area (Å²) in [5.74, 6) is -0.615.